The predicted molar refractivity (Wildman–Crippen MR) is 80.7 cm³/mol. The largest absolute Gasteiger partial charge is 0.303 e. The number of aromatic nitrogens is 3. The zero-order chi connectivity index (χ0) is 13.4. The second-order valence-corrected chi connectivity index (χ2v) is 5.43. The normalized spacial score (nSPS) is 11.1. The quantitative estimate of drug-likeness (QED) is 0.714. The van der Waals surface area contributed by atoms with Crippen LogP contribution in [0.3, 0.4) is 0 Å². The molecule has 19 heavy (non-hydrogen) atoms. The van der Waals surface area contributed by atoms with E-state index < -0.39 is 0 Å². The third-order valence-electron chi connectivity index (χ3n) is 3.17. The van der Waals surface area contributed by atoms with Crippen molar-refractivity contribution in [2.24, 2.45) is 0 Å². The summed E-state index contributed by atoms with van der Waals surface area (Å²) in [4.78, 5) is 8.99. The zero-order valence-electron chi connectivity index (χ0n) is 10.9. The number of pyridine rings is 1. The molecule has 0 aliphatic heterocycles. The van der Waals surface area contributed by atoms with E-state index in [0.717, 1.165) is 39.0 Å². The van der Waals surface area contributed by atoms with Gasteiger partial charge in [0, 0.05) is 34.4 Å². The van der Waals surface area contributed by atoms with E-state index >= 15 is 0 Å². The average Bonchev–Trinajstić information content (AvgIpc) is 2.86. The molecule has 3 rings (SSSR count). The van der Waals surface area contributed by atoms with Crippen molar-refractivity contribution in [3.05, 3.63) is 52.7 Å². The number of aryl methyl sites for hydroxylation is 2. The minimum absolute atomic E-state index is 0.907. The number of benzene rings is 1. The number of nitrogens with zero attached hydrogens (tertiary/aromatic N) is 3. The summed E-state index contributed by atoms with van der Waals surface area (Å²) in [6, 6.07) is 8.28. The van der Waals surface area contributed by atoms with Gasteiger partial charge in [0.25, 0.3) is 0 Å². The highest BCUT2D eigenvalue weighted by Crippen LogP contribution is 2.26. The van der Waals surface area contributed by atoms with Crippen molar-refractivity contribution in [2.75, 3.05) is 0 Å². The van der Waals surface area contributed by atoms with Crippen LogP contribution in [-0.4, -0.2) is 14.5 Å². The molecule has 0 atom stereocenters. The fourth-order valence-electron chi connectivity index (χ4n) is 2.32. The second kappa shape index (κ2) is 4.78. The molecule has 0 saturated carbocycles. The van der Waals surface area contributed by atoms with Gasteiger partial charge >= 0.3 is 0 Å². The first kappa shape index (κ1) is 12.4. The number of rotatable bonds is 2. The van der Waals surface area contributed by atoms with Crippen molar-refractivity contribution in [1.82, 2.24) is 14.5 Å². The number of imidazole rings is 1. The van der Waals surface area contributed by atoms with Crippen molar-refractivity contribution >= 4 is 26.8 Å². The van der Waals surface area contributed by atoms with E-state index in [1.165, 1.54) is 0 Å². The Hall–Kier alpha value is -1.68. The van der Waals surface area contributed by atoms with Gasteiger partial charge in [-0.15, -0.1) is 0 Å². The van der Waals surface area contributed by atoms with Crippen LogP contribution in [0.5, 0.6) is 0 Å². The first-order valence-corrected chi connectivity index (χ1v) is 7.08. The maximum absolute atomic E-state index is 4.59. The van der Waals surface area contributed by atoms with Crippen molar-refractivity contribution in [3.8, 4) is 5.69 Å². The van der Waals surface area contributed by atoms with Gasteiger partial charge in [-0.25, -0.2) is 4.98 Å². The van der Waals surface area contributed by atoms with Crippen LogP contribution in [0.25, 0.3) is 16.6 Å². The van der Waals surface area contributed by atoms with Gasteiger partial charge in [0.1, 0.15) is 5.82 Å². The van der Waals surface area contributed by atoms with E-state index in [-0.39, 0.29) is 0 Å². The number of halogens is 1. The van der Waals surface area contributed by atoms with Crippen LogP contribution in [0.4, 0.5) is 0 Å². The summed E-state index contributed by atoms with van der Waals surface area (Å²) in [6.07, 6.45) is 4.76. The molecule has 0 bridgehead atoms. The Morgan fingerprint density at radius 2 is 2.11 bits per heavy atom. The molecular formula is C15H14BrN3. The lowest BCUT2D eigenvalue weighted by Crippen LogP contribution is -2.01. The first-order chi connectivity index (χ1) is 9.19. The number of hydrogen-bond donors (Lipinski definition) is 0. The summed E-state index contributed by atoms with van der Waals surface area (Å²) in [5.41, 5.74) is 3.16. The summed E-state index contributed by atoms with van der Waals surface area (Å²) in [6.45, 7) is 4.14. The monoisotopic (exact) mass is 315 g/mol. The van der Waals surface area contributed by atoms with E-state index in [1.807, 2.05) is 31.5 Å². The highest BCUT2D eigenvalue weighted by atomic mass is 79.9. The lowest BCUT2D eigenvalue weighted by molar-refractivity contribution is 0.893. The molecule has 0 aliphatic rings. The molecule has 0 fully saturated rings. The molecule has 3 nitrogen and oxygen atoms in total. The summed E-state index contributed by atoms with van der Waals surface area (Å²) in [7, 11) is 0. The Labute approximate surface area is 120 Å². The Balaban J connectivity index is 2.36. The van der Waals surface area contributed by atoms with Crippen molar-refractivity contribution in [3.63, 3.8) is 0 Å². The molecule has 0 saturated heterocycles. The van der Waals surface area contributed by atoms with Crippen LogP contribution < -0.4 is 0 Å². The van der Waals surface area contributed by atoms with Crippen LogP contribution in [0.15, 0.2) is 41.1 Å². The van der Waals surface area contributed by atoms with Crippen LogP contribution in [0.1, 0.15) is 18.4 Å². The van der Waals surface area contributed by atoms with E-state index in [1.54, 1.807) is 0 Å². The fraction of sp³-hybridized carbons (Fsp3) is 0.200. The fourth-order valence-corrected chi connectivity index (χ4v) is 2.68. The van der Waals surface area contributed by atoms with Crippen molar-refractivity contribution in [2.45, 2.75) is 20.3 Å². The molecule has 0 amide bonds. The first-order valence-electron chi connectivity index (χ1n) is 6.28. The molecule has 0 aliphatic carbocycles. The van der Waals surface area contributed by atoms with Gasteiger partial charge in [-0.2, -0.15) is 0 Å². The van der Waals surface area contributed by atoms with E-state index in [0.29, 0.717) is 0 Å². The van der Waals surface area contributed by atoms with Gasteiger partial charge in [-0.1, -0.05) is 22.9 Å². The zero-order valence-corrected chi connectivity index (χ0v) is 12.5. The lowest BCUT2D eigenvalue weighted by Gasteiger charge is -2.11. The number of fused-ring (bicyclic) bond motifs is 1. The van der Waals surface area contributed by atoms with Crippen LogP contribution >= 0.6 is 15.9 Å². The van der Waals surface area contributed by atoms with E-state index in [9.17, 15) is 0 Å². The molecule has 3 aromatic rings. The SMILES string of the molecule is CCc1nccn1-c1cc(C)nc2ccc(Br)cc12. The Morgan fingerprint density at radius 1 is 1.26 bits per heavy atom. The molecule has 4 heteroatoms. The van der Waals surface area contributed by atoms with Gasteiger partial charge < -0.3 is 4.57 Å². The molecule has 2 heterocycles. The van der Waals surface area contributed by atoms with Crippen LogP contribution in [0.2, 0.25) is 0 Å². The summed E-state index contributed by atoms with van der Waals surface area (Å²) in [5.74, 6) is 1.06. The van der Waals surface area contributed by atoms with Crippen LogP contribution in [-0.2, 0) is 6.42 Å². The Kier molecular flexibility index (Phi) is 3.11. The van der Waals surface area contributed by atoms with Gasteiger partial charge in [-0.05, 0) is 31.2 Å². The Morgan fingerprint density at radius 3 is 2.89 bits per heavy atom. The number of hydrogen-bond acceptors (Lipinski definition) is 2. The predicted octanol–water partition coefficient (Wildman–Crippen LogP) is 4.05. The van der Waals surface area contributed by atoms with Crippen molar-refractivity contribution < 1.29 is 0 Å². The molecule has 0 radical (unpaired) electrons. The van der Waals surface area contributed by atoms with Gasteiger partial charge in [-0.3, -0.25) is 4.98 Å². The van der Waals surface area contributed by atoms with Crippen LogP contribution in [0, 0.1) is 6.92 Å². The lowest BCUT2D eigenvalue weighted by atomic mass is 10.1. The van der Waals surface area contributed by atoms with Crippen molar-refractivity contribution in [1.29, 1.82) is 0 Å². The maximum Gasteiger partial charge on any atom is 0.112 e. The van der Waals surface area contributed by atoms with Gasteiger partial charge in [0.05, 0.1) is 11.2 Å². The molecular weight excluding hydrogens is 302 g/mol. The summed E-state index contributed by atoms with van der Waals surface area (Å²) < 4.78 is 3.20. The summed E-state index contributed by atoms with van der Waals surface area (Å²) >= 11 is 3.53. The summed E-state index contributed by atoms with van der Waals surface area (Å²) in [5, 5.41) is 1.13. The standard InChI is InChI=1S/C15H14BrN3/c1-3-15-17-6-7-19(15)14-8-10(2)18-13-5-4-11(16)9-12(13)14/h4-9H,3H2,1-2H3. The minimum Gasteiger partial charge on any atom is -0.303 e. The average molecular weight is 316 g/mol. The molecule has 2 aromatic heterocycles. The third-order valence-corrected chi connectivity index (χ3v) is 3.66. The second-order valence-electron chi connectivity index (χ2n) is 4.51. The van der Waals surface area contributed by atoms with Gasteiger partial charge in [0.15, 0.2) is 0 Å². The van der Waals surface area contributed by atoms with Gasteiger partial charge in [0.2, 0.25) is 0 Å². The molecule has 1 aromatic carbocycles. The maximum atomic E-state index is 4.59. The van der Waals surface area contributed by atoms with E-state index in [4.69, 9.17) is 0 Å². The highest BCUT2D eigenvalue weighted by Gasteiger charge is 2.09. The highest BCUT2D eigenvalue weighted by molar-refractivity contribution is 9.10. The molecule has 0 N–H and O–H groups in total. The van der Waals surface area contributed by atoms with E-state index in [2.05, 4.69) is 49.5 Å². The smallest absolute Gasteiger partial charge is 0.112 e. The Bertz CT molecular complexity index is 746. The third kappa shape index (κ3) is 2.16. The molecule has 96 valence electrons. The topological polar surface area (TPSA) is 30.7 Å². The molecule has 0 unspecified atom stereocenters. The minimum atomic E-state index is 0.907. The molecule has 0 spiro atoms.